The topological polar surface area (TPSA) is 129 Å². The Morgan fingerprint density at radius 3 is 2.68 bits per heavy atom. The van der Waals surface area contributed by atoms with Gasteiger partial charge in [0.2, 0.25) is 0 Å². The summed E-state index contributed by atoms with van der Waals surface area (Å²) in [4.78, 5) is 34.1. The highest BCUT2D eigenvalue weighted by Gasteiger charge is 2.11. The van der Waals surface area contributed by atoms with Gasteiger partial charge in [0.15, 0.2) is 0 Å². The van der Waals surface area contributed by atoms with Crippen LogP contribution in [0.4, 0.5) is 0 Å². The van der Waals surface area contributed by atoms with Crippen molar-refractivity contribution >= 4 is 24.0 Å². The van der Waals surface area contributed by atoms with Crippen molar-refractivity contribution in [1.82, 2.24) is 10.7 Å². The van der Waals surface area contributed by atoms with Crippen LogP contribution in [-0.4, -0.2) is 50.9 Å². The van der Waals surface area contributed by atoms with Crippen LogP contribution in [0.5, 0.6) is 5.75 Å². The van der Waals surface area contributed by atoms with Crippen molar-refractivity contribution in [3.63, 3.8) is 0 Å². The minimum absolute atomic E-state index is 0.131. The van der Waals surface area contributed by atoms with Crippen LogP contribution in [-0.2, 0) is 14.3 Å². The molecule has 136 valence electrons. The molecular formula is C16H20N3O6-. The first-order chi connectivity index (χ1) is 12.0. The molecule has 0 atom stereocenters. The summed E-state index contributed by atoms with van der Waals surface area (Å²) in [6.07, 6.45) is 1.79. The smallest absolute Gasteiger partial charge is 0.329 e. The Hall–Kier alpha value is -2.94. The van der Waals surface area contributed by atoms with Crippen LogP contribution >= 0.6 is 0 Å². The number of carbonyl (C=O) groups is 3. The second-order valence-corrected chi connectivity index (χ2v) is 4.78. The van der Waals surface area contributed by atoms with Crippen LogP contribution in [0.25, 0.3) is 0 Å². The number of carboxylic acid groups (broad SMARTS) is 1. The lowest BCUT2D eigenvalue weighted by atomic mass is 10.1. The van der Waals surface area contributed by atoms with E-state index in [4.69, 9.17) is 9.47 Å². The van der Waals surface area contributed by atoms with Crippen LogP contribution in [0.1, 0.15) is 29.3 Å². The Morgan fingerprint density at radius 1 is 1.28 bits per heavy atom. The van der Waals surface area contributed by atoms with Crippen molar-refractivity contribution in [2.75, 3.05) is 26.9 Å². The van der Waals surface area contributed by atoms with Gasteiger partial charge in [0.05, 0.1) is 18.8 Å². The second-order valence-electron chi connectivity index (χ2n) is 4.78. The molecule has 1 aromatic rings. The number of hydrogen-bond acceptors (Lipinski definition) is 7. The summed E-state index contributed by atoms with van der Waals surface area (Å²) in [5.74, 6) is -2.97. The molecule has 2 N–H and O–H groups in total. The van der Waals surface area contributed by atoms with Gasteiger partial charge in [-0.2, -0.15) is 5.10 Å². The number of carboxylic acids is 1. The van der Waals surface area contributed by atoms with Crippen LogP contribution in [0, 0.1) is 0 Å². The first kappa shape index (κ1) is 20.1. The van der Waals surface area contributed by atoms with E-state index in [0.29, 0.717) is 31.7 Å². The van der Waals surface area contributed by atoms with Gasteiger partial charge in [0.25, 0.3) is 0 Å². The Kier molecular flexibility index (Phi) is 8.66. The summed E-state index contributed by atoms with van der Waals surface area (Å²) in [6.45, 7) is 2.81. The van der Waals surface area contributed by atoms with Gasteiger partial charge in [0, 0.05) is 25.8 Å². The highest BCUT2D eigenvalue weighted by molar-refractivity contribution is 6.35. The van der Waals surface area contributed by atoms with E-state index >= 15 is 0 Å². The average molecular weight is 350 g/mol. The molecule has 0 saturated heterocycles. The van der Waals surface area contributed by atoms with Crippen molar-refractivity contribution in [1.29, 1.82) is 0 Å². The maximum Gasteiger partial charge on any atom is 0.329 e. The molecule has 0 unspecified atom stereocenters. The van der Waals surface area contributed by atoms with E-state index < -0.39 is 17.8 Å². The number of rotatable bonds is 9. The van der Waals surface area contributed by atoms with Gasteiger partial charge in [-0.3, -0.25) is 9.59 Å². The van der Waals surface area contributed by atoms with E-state index in [1.807, 2.05) is 0 Å². The van der Waals surface area contributed by atoms with Crippen molar-refractivity contribution in [2.45, 2.75) is 13.3 Å². The van der Waals surface area contributed by atoms with Crippen LogP contribution in [0.2, 0.25) is 0 Å². The number of nitrogens with one attached hydrogen (secondary N) is 2. The maximum atomic E-state index is 11.5. The third-order valence-corrected chi connectivity index (χ3v) is 2.92. The fourth-order valence-electron chi connectivity index (χ4n) is 1.78. The van der Waals surface area contributed by atoms with E-state index in [2.05, 4.69) is 15.8 Å². The molecule has 0 spiro atoms. The number of aromatic carboxylic acids is 1. The number of methoxy groups -OCH3 is 1. The third-order valence-electron chi connectivity index (χ3n) is 2.92. The highest BCUT2D eigenvalue weighted by Crippen LogP contribution is 2.18. The lowest BCUT2D eigenvalue weighted by Crippen LogP contribution is -2.38. The highest BCUT2D eigenvalue weighted by atomic mass is 16.5. The molecular weight excluding hydrogens is 330 g/mol. The predicted octanol–water partition coefficient (Wildman–Crippen LogP) is -0.948. The minimum atomic E-state index is -1.39. The molecule has 0 aliphatic rings. The van der Waals surface area contributed by atoms with Crippen molar-refractivity contribution in [2.24, 2.45) is 5.10 Å². The Labute approximate surface area is 145 Å². The minimum Gasteiger partial charge on any atom is -0.545 e. The normalized spacial score (nSPS) is 10.5. The van der Waals surface area contributed by atoms with E-state index in [0.717, 1.165) is 0 Å². The maximum absolute atomic E-state index is 11.5. The fraction of sp³-hybridized carbons (Fsp3) is 0.375. The number of hydrazone groups is 1. The van der Waals surface area contributed by atoms with Crippen LogP contribution in [0.15, 0.2) is 23.3 Å². The zero-order valence-corrected chi connectivity index (χ0v) is 14.0. The van der Waals surface area contributed by atoms with Crippen molar-refractivity contribution in [3.8, 4) is 5.75 Å². The molecule has 0 bridgehead atoms. The Balaban J connectivity index is 2.60. The molecule has 0 fully saturated rings. The van der Waals surface area contributed by atoms with Gasteiger partial charge in [-0.25, -0.2) is 5.43 Å². The van der Waals surface area contributed by atoms with E-state index in [-0.39, 0.29) is 11.3 Å². The molecule has 25 heavy (non-hydrogen) atoms. The van der Waals surface area contributed by atoms with Gasteiger partial charge in [0.1, 0.15) is 5.75 Å². The van der Waals surface area contributed by atoms with Crippen molar-refractivity contribution in [3.05, 3.63) is 29.3 Å². The summed E-state index contributed by atoms with van der Waals surface area (Å²) < 4.78 is 10.0. The Morgan fingerprint density at radius 2 is 2.04 bits per heavy atom. The molecule has 0 saturated carbocycles. The Bertz CT molecular complexity index is 645. The first-order valence-corrected chi connectivity index (χ1v) is 7.58. The lowest BCUT2D eigenvalue weighted by molar-refractivity contribution is -0.255. The van der Waals surface area contributed by atoms with Crippen LogP contribution < -0.4 is 20.6 Å². The van der Waals surface area contributed by atoms with E-state index in [1.54, 1.807) is 13.0 Å². The standard InChI is InChI=1S/C16H21N3O6/c1-3-25-13-6-5-11(9-12(13)16(22)23)10-18-19-15(21)14(20)17-7-4-8-24-2/h5-6,9-10H,3-4,7-8H2,1-2H3,(H,17,20)(H,19,21)(H,22,23)/p-1/b18-10-. The molecule has 9 nitrogen and oxygen atoms in total. The van der Waals surface area contributed by atoms with Gasteiger partial charge in [-0.05, 0) is 37.1 Å². The molecule has 0 aliphatic carbocycles. The molecule has 0 heterocycles. The number of amides is 2. The summed E-state index contributed by atoms with van der Waals surface area (Å²) in [7, 11) is 1.54. The summed E-state index contributed by atoms with van der Waals surface area (Å²) in [5, 5.41) is 17.1. The molecule has 0 radical (unpaired) electrons. The fourth-order valence-corrected chi connectivity index (χ4v) is 1.78. The number of ether oxygens (including phenoxy) is 2. The van der Waals surface area contributed by atoms with Gasteiger partial charge < -0.3 is 24.7 Å². The summed E-state index contributed by atoms with van der Waals surface area (Å²) >= 11 is 0. The molecule has 1 rings (SSSR count). The monoisotopic (exact) mass is 350 g/mol. The number of hydrogen-bond donors (Lipinski definition) is 2. The predicted molar refractivity (Wildman–Crippen MR) is 87.2 cm³/mol. The van der Waals surface area contributed by atoms with E-state index in [1.165, 1.54) is 25.5 Å². The van der Waals surface area contributed by atoms with Gasteiger partial charge in [-0.15, -0.1) is 0 Å². The lowest BCUT2D eigenvalue weighted by Gasteiger charge is -2.11. The number of carbonyl (C=O) groups excluding carboxylic acids is 3. The van der Waals surface area contributed by atoms with Gasteiger partial charge in [-0.1, -0.05) is 0 Å². The first-order valence-electron chi connectivity index (χ1n) is 7.58. The molecule has 0 aromatic heterocycles. The zero-order valence-electron chi connectivity index (χ0n) is 14.0. The second kappa shape index (κ2) is 10.8. The quantitative estimate of drug-likeness (QED) is 0.256. The number of nitrogens with zero attached hydrogens (tertiary/aromatic N) is 1. The largest absolute Gasteiger partial charge is 0.545 e. The zero-order chi connectivity index (χ0) is 18.7. The van der Waals surface area contributed by atoms with Crippen molar-refractivity contribution < 1.29 is 29.0 Å². The summed E-state index contributed by atoms with van der Waals surface area (Å²) in [6, 6.07) is 4.30. The third kappa shape index (κ3) is 7.00. The molecule has 1 aromatic carbocycles. The number of benzene rings is 1. The van der Waals surface area contributed by atoms with Crippen LogP contribution in [0.3, 0.4) is 0 Å². The van der Waals surface area contributed by atoms with E-state index in [9.17, 15) is 19.5 Å². The van der Waals surface area contributed by atoms with Gasteiger partial charge >= 0.3 is 11.8 Å². The molecule has 2 amide bonds. The molecule has 9 heteroatoms. The average Bonchev–Trinajstić information content (AvgIpc) is 2.59. The SMILES string of the molecule is CCOc1ccc(/C=N\NC(=O)C(=O)NCCCOC)cc1C(=O)[O-]. The molecule has 0 aliphatic heterocycles. The summed E-state index contributed by atoms with van der Waals surface area (Å²) in [5.41, 5.74) is 2.31.